The molecule has 2 aromatic rings. The van der Waals surface area contributed by atoms with Crippen molar-refractivity contribution in [3.8, 4) is 0 Å². The van der Waals surface area contributed by atoms with E-state index in [0.29, 0.717) is 17.8 Å². The second-order valence-corrected chi connectivity index (χ2v) is 6.52. The van der Waals surface area contributed by atoms with Crippen molar-refractivity contribution in [1.29, 1.82) is 0 Å². The van der Waals surface area contributed by atoms with E-state index in [1.807, 2.05) is 24.1 Å². The molecule has 5 nitrogen and oxygen atoms in total. The van der Waals surface area contributed by atoms with Crippen LogP contribution in [0.3, 0.4) is 0 Å². The molecule has 1 aromatic heterocycles. The monoisotopic (exact) mass is 343 g/mol. The third-order valence-electron chi connectivity index (χ3n) is 3.50. The van der Waals surface area contributed by atoms with Crippen molar-refractivity contribution in [3.63, 3.8) is 0 Å². The number of amides is 2. The second-order valence-electron chi connectivity index (χ2n) is 5.54. The Labute approximate surface area is 146 Å². The molecule has 0 aliphatic rings. The molecule has 1 N–H and O–H groups in total. The van der Waals surface area contributed by atoms with Gasteiger partial charge in [-0.3, -0.25) is 9.59 Å². The number of rotatable bonds is 7. The molecule has 126 valence electrons. The Balaban J connectivity index is 2.12. The Hall–Kier alpha value is -2.47. The fraction of sp³-hybridized carbons (Fsp3) is 0.278. The van der Waals surface area contributed by atoms with Crippen LogP contribution < -0.4 is 5.32 Å². The van der Waals surface area contributed by atoms with Gasteiger partial charge in [-0.05, 0) is 38.1 Å². The highest BCUT2D eigenvalue weighted by molar-refractivity contribution is 7.09. The van der Waals surface area contributed by atoms with Crippen molar-refractivity contribution in [3.05, 3.63) is 59.1 Å². The maximum atomic E-state index is 12.8. The van der Waals surface area contributed by atoms with Gasteiger partial charge in [0.15, 0.2) is 0 Å². The normalized spacial score (nSPS) is 10.5. The summed E-state index contributed by atoms with van der Waals surface area (Å²) in [5.41, 5.74) is 1.12. The van der Waals surface area contributed by atoms with Gasteiger partial charge in [-0.25, -0.2) is 4.98 Å². The molecule has 0 saturated heterocycles. The zero-order valence-corrected chi connectivity index (χ0v) is 14.7. The second kappa shape index (κ2) is 8.40. The first kappa shape index (κ1) is 17.9. The molecule has 2 amide bonds. The average molecular weight is 343 g/mol. The number of aromatic nitrogens is 1. The van der Waals surface area contributed by atoms with Gasteiger partial charge in [0.2, 0.25) is 5.91 Å². The summed E-state index contributed by atoms with van der Waals surface area (Å²) in [4.78, 5) is 30.3. The molecule has 1 heterocycles. The summed E-state index contributed by atoms with van der Waals surface area (Å²) in [6, 6.07) is 7.01. The van der Waals surface area contributed by atoms with E-state index in [9.17, 15) is 9.59 Å². The first-order valence-corrected chi connectivity index (χ1v) is 8.62. The summed E-state index contributed by atoms with van der Waals surface area (Å²) in [5, 5.41) is 5.62. The minimum absolute atomic E-state index is 0.0590. The zero-order chi connectivity index (χ0) is 17.5. The first-order valence-electron chi connectivity index (χ1n) is 7.74. The zero-order valence-electron chi connectivity index (χ0n) is 13.9. The van der Waals surface area contributed by atoms with Crippen molar-refractivity contribution < 1.29 is 9.59 Å². The van der Waals surface area contributed by atoms with E-state index in [1.165, 1.54) is 6.08 Å². The molecular weight excluding hydrogens is 322 g/mol. The minimum atomic E-state index is -0.302. The van der Waals surface area contributed by atoms with Gasteiger partial charge in [0.1, 0.15) is 0 Å². The predicted octanol–water partition coefficient (Wildman–Crippen LogP) is 3.36. The third-order valence-corrected chi connectivity index (χ3v) is 4.34. The minimum Gasteiger partial charge on any atom is -0.336 e. The van der Waals surface area contributed by atoms with E-state index in [0.717, 1.165) is 11.4 Å². The van der Waals surface area contributed by atoms with E-state index >= 15 is 0 Å². The fourth-order valence-electron chi connectivity index (χ4n) is 2.28. The van der Waals surface area contributed by atoms with E-state index in [-0.39, 0.29) is 17.9 Å². The van der Waals surface area contributed by atoms with Crippen LogP contribution in [-0.2, 0) is 11.2 Å². The molecule has 0 spiro atoms. The van der Waals surface area contributed by atoms with Gasteiger partial charge in [0.25, 0.3) is 5.91 Å². The molecule has 0 aliphatic carbocycles. The van der Waals surface area contributed by atoms with Crippen LogP contribution in [0.2, 0.25) is 0 Å². The molecular formula is C18H21N3O2S. The van der Waals surface area contributed by atoms with Crippen molar-refractivity contribution in [1.82, 2.24) is 9.88 Å². The van der Waals surface area contributed by atoms with Gasteiger partial charge in [0, 0.05) is 41.8 Å². The Morgan fingerprint density at radius 1 is 1.42 bits per heavy atom. The summed E-state index contributed by atoms with van der Waals surface area (Å²) in [6.45, 7) is 8.01. The number of benzene rings is 1. The highest BCUT2D eigenvalue weighted by Gasteiger charge is 2.19. The lowest BCUT2D eigenvalue weighted by molar-refractivity contribution is -0.111. The summed E-state index contributed by atoms with van der Waals surface area (Å²) in [7, 11) is 0. The Morgan fingerprint density at radius 3 is 2.83 bits per heavy atom. The molecule has 0 atom stereocenters. The molecule has 6 heteroatoms. The number of thiazole rings is 1. The van der Waals surface area contributed by atoms with Gasteiger partial charge in [-0.1, -0.05) is 12.6 Å². The average Bonchev–Trinajstić information content (AvgIpc) is 3.08. The van der Waals surface area contributed by atoms with Gasteiger partial charge in [-0.15, -0.1) is 11.3 Å². The van der Waals surface area contributed by atoms with Crippen LogP contribution in [0.25, 0.3) is 0 Å². The molecule has 0 bridgehead atoms. The SMILES string of the molecule is C=CC(=O)Nc1cccc(C(=O)N(CCc2nccs2)C(C)C)c1. The lowest BCUT2D eigenvalue weighted by Gasteiger charge is -2.26. The molecule has 1 aromatic carbocycles. The summed E-state index contributed by atoms with van der Waals surface area (Å²) >= 11 is 1.59. The number of carbonyl (C=O) groups excluding carboxylic acids is 2. The largest absolute Gasteiger partial charge is 0.336 e. The van der Waals surface area contributed by atoms with E-state index < -0.39 is 0 Å². The lowest BCUT2D eigenvalue weighted by Crippen LogP contribution is -2.38. The van der Waals surface area contributed by atoms with Gasteiger partial charge >= 0.3 is 0 Å². The number of hydrogen-bond acceptors (Lipinski definition) is 4. The van der Waals surface area contributed by atoms with Crippen LogP contribution >= 0.6 is 11.3 Å². The number of anilines is 1. The van der Waals surface area contributed by atoms with Crippen molar-refractivity contribution in [2.75, 3.05) is 11.9 Å². The fourth-order valence-corrected chi connectivity index (χ4v) is 2.89. The van der Waals surface area contributed by atoms with E-state index in [2.05, 4.69) is 16.9 Å². The van der Waals surface area contributed by atoms with Gasteiger partial charge in [0.05, 0.1) is 5.01 Å². The smallest absolute Gasteiger partial charge is 0.254 e. The van der Waals surface area contributed by atoms with Crippen LogP contribution in [0.4, 0.5) is 5.69 Å². The number of nitrogens with zero attached hydrogens (tertiary/aromatic N) is 2. The topological polar surface area (TPSA) is 62.3 Å². The highest BCUT2D eigenvalue weighted by atomic mass is 32.1. The summed E-state index contributed by atoms with van der Waals surface area (Å²) in [5.74, 6) is -0.361. The number of carbonyl (C=O) groups is 2. The third kappa shape index (κ3) is 4.76. The summed E-state index contributed by atoms with van der Waals surface area (Å²) < 4.78 is 0. The molecule has 0 saturated carbocycles. The molecule has 2 rings (SSSR count). The Morgan fingerprint density at radius 2 is 2.21 bits per heavy atom. The van der Waals surface area contributed by atoms with Gasteiger partial charge in [-0.2, -0.15) is 0 Å². The Kier molecular flexibility index (Phi) is 6.26. The molecule has 24 heavy (non-hydrogen) atoms. The maximum absolute atomic E-state index is 12.8. The Bertz CT molecular complexity index is 711. The molecule has 0 fully saturated rings. The van der Waals surface area contributed by atoms with Crippen LogP contribution in [0.5, 0.6) is 0 Å². The van der Waals surface area contributed by atoms with Crippen molar-refractivity contribution in [2.24, 2.45) is 0 Å². The lowest BCUT2D eigenvalue weighted by atomic mass is 10.1. The standard InChI is InChI=1S/C18H21N3O2S/c1-4-16(22)20-15-7-5-6-14(12-15)18(23)21(13(2)3)10-8-17-19-9-11-24-17/h4-7,9,11-13H,1,8,10H2,2-3H3,(H,20,22). The molecule has 0 radical (unpaired) electrons. The van der Waals surface area contributed by atoms with Crippen LogP contribution in [0.15, 0.2) is 48.5 Å². The molecule has 0 aliphatic heterocycles. The van der Waals surface area contributed by atoms with Gasteiger partial charge < -0.3 is 10.2 Å². The van der Waals surface area contributed by atoms with Crippen molar-refractivity contribution >= 4 is 28.8 Å². The van der Waals surface area contributed by atoms with Crippen molar-refractivity contribution in [2.45, 2.75) is 26.3 Å². The van der Waals surface area contributed by atoms with E-state index in [1.54, 1.807) is 41.8 Å². The van der Waals surface area contributed by atoms with Crippen LogP contribution in [-0.4, -0.2) is 34.3 Å². The predicted molar refractivity (Wildman–Crippen MR) is 97.3 cm³/mol. The van der Waals surface area contributed by atoms with Crippen LogP contribution in [0, 0.1) is 0 Å². The number of nitrogens with one attached hydrogen (secondary N) is 1. The van der Waals surface area contributed by atoms with Crippen LogP contribution in [0.1, 0.15) is 29.2 Å². The van der Waals surface area contributed by atoms with E-state index in [4.69, 9.17) is 0 Å². The first-order chi connectivity index (χ1) is 11.5. The number of hydrogen-bond donors (Lipinski definition) is 1. The molecule has 0 unspecified atom stereocenters. The highest BCUT2D eigenvalue weighted by Crippen LogP contribution is 2.15. The maximum Gasteiger partial charge on any atom is 0.254 e. The quantitative estimate of drug-likeness (QED) is 0.784. The summed E-state index contributed by atoms with van der Waals surface area (Å²) in [6.07, 6.45) is 3.70.